The van der Waals surface area contributed by atoms with Crippen molar-refractivity contribution in [3.8, 4) is 0 Å². The highest BCUT2D eigenvalue weighted by atomic mass is 16.6. The molecular formula is C21H24N4O3. The zero-order chi connectivity index (χ0) is 19.9. The van der Waals surface area contributed by atoms with Crippen molar-refractivity contribution >= 4 is 17.8 Å². The van der Waals surface area contributed by atoms with Gasteiger partial charge in [-0.2, -0.15) is 5.10 Å². The Morgan fingerprint density at radius 3 is 2.54 bits per heavy atom. The molecule has 0 atom stereocenters. The van der Waals surface area contributed by atoms with Gasteiger partial charge in [-0.25, -0.2) is 5.43 Å². The number of carbonyl (C=O) groups excluding carboxylic acids is 1. The van der Waals surface area contributed by atoms with Gasteiger partial charge in [0.1, 0.15) is 0 Å². The second kappa shape index (κ2) is 9.23. The number of rotatable bonds is 6. The normalized spacial score (nSPS) is 15.6. The molecule has 146 valence electrons. The van der Waals surface area contributed by atoms with Crippen molar-refractivity contribution in [2.45, 2.75) is 26.3 Å². The lowest BCUT2D eigenvalue weighted by Gasteiger charge is -2.30. The molecule has 1 N–H and O–H groups in total. The van der Waals surface area contributed by atoms with E-state index in [0.29, 0.717) is 0 Å². The van der Waals surface area contributed by atoms with Crippen molar-refractivity contribution in [3.63, 3.8) is 0 Å². The van der Waals surface area contributed by atoms with Crippen LogP contribution in [0, 0.1) is 23.0 Å². The van der Waals surface area contributed by atoms with E-state index in [2.05, 4.69) is 15.4 Å². The first-order valence-electron chi connectivity index (χ1n) is 9.37. The lowest BCUT2D eigenvalue weighted by Crippen LogP contribution is -2.39. The summed E-state index contributed by atoms with van der Waals surface area (Å²) in [6.45, 7) is 4.37. The third-order valence-electron chi connectivity index (χ3n) is 5.08. The molecule has 1 heterocycles. The molecule has 0 spiro atoms. The van der Waals surface area contributed by atoms with E-state index in [9.17, 15) is 14.9 Å². The second-order valence-corrected chi connectivity index (χ2v) is 7.06. The lowest BCUT2D eigenvalue weighted by atomic mass is 9.96. The summed E-state index contributed by atoms with van der Waals surface area (Å²) in [4.78, 5) is 24.9. The van der Waals surface area contributed by atoms with E-state index in [1.54, 1.807) is 18.3 Å². The molecule has 1 fully saturated rings. The molecule has 0 radical (unpaired) electrons. The van der Waals surface area contributed by atoms with Gasteiger partial charge in [0.25, 0.3) is 5.69 Å². The molecule has 0 aromatic heterocycles. The number of nitrogens with zero attached hydrogens (tertiary/aromatic N) is 3. The fourth-order valence-electron chi connectivity index (χ4n) is 3.32. The summed E-state index contributed by atoms with van der Waals surface area (Å²) in [5.41, 5.74) is 5.90. The zero-order valence-electron chi connectivity index (χ0n) is 15.9. The van der Waals surface area contributed by atoms with Gasteiger partial charge in [-0.1, -0.05) is 36.4 Å². The predicted octanol–water partition coefficient (Wildman–Crippen LogP) is 3.27. The Morgan fingerprint density at radius 1 is 1.21 bits per heavy atom. The van der Waals surface area contributed by atoms with Crippen LogP contribution in [-0.2, 0) is 11.3 Å². The maximum atomic E-state index is 12.3. The standard InChI is InChI=1S/C21H24N4O3/c1-16-4-2-3-5-19(16)14-22-23-21(26)18-10-12-24(13-11-18)15-17-6-8-20(9-7-17)25(27)28/h2-9,14,18H,10-13,15H2,1H3,(H,23,26). The summed E-state index contributed by atoms with van der Waals surface area (Å²) in [5, 5.41) is 14.8. The maximum Gasteiger partial charge on any atom is 0.269 e. The molecule has 2 aromatic carbocycles. The van der Waals surface area contributed by atoms with Crippen LogP contribution < -0.4 is 5.43 Å². The SMILES string of the molecule is Cc1ccccc1C=NNC(=O)C1CCN(Cc2ccc([N+](=O)[O-])cc2)CC1. The van der Waals surface area contributed by atoms with E-state index < -0.39 is 4.92 Å². The Bertz CT molecular complexity index is 856. The summed E-state index contributed by atoms with van der Waals surface area (Å²) >= 11 is 0. The fraction of sp³-hybridized carbons (Fsp3) is 0.333. The number of piperidine rings is 1. The third kappa shape index (κ3) is 5.23. The molecule has 1 saturated heterocycles. The van der Waals surface area contributed by atoms with Gasteiger partial charge < -0.3 is 0 Å². The van der Waals surface area contributed by atoms with Crippen LogP contribution in [0.1, 0.15) is 29.5 Å². The number of hydrazone groups is 1. The topological polar surface area (TPSA) is 87.8 Å². The quantitative estimate of drug-likeness (QED) is 0.473. The van der Waals surface area contributed by atoms with Gasteiger partial charge in [-0.05, 0) is 49.5 Å². The maximum absolute atomic E-state index is 12.3. The van der Waals surface area contributed by atoms with Crippen molar-refractivity contribution in [3.05, 3.63) is 75.3 Å². The molecule has 7 nitrogen and oxygen atoms in total. The number of nitro groups is 1. The lowest BCUT2D eigenvalue weighted by molar-refractivity contribution is -0.384. The van der Waals surface area contributed by atoms with Gasteiger partial charge in [0.2, 0.25) is 5.91 Å². The Morgan fingerprint density at radius 2 is 1.89 bits per heavy atom. The van der Waals surface area contributed by atoms with Gasteiger partial charge >= 0.3 is 0 Å². The van der Waals surface area contributed by atoms with Crippen LogP contribution in [0.4, 0.5) is 5.69 Å². The summed E-state index contributed by atoms with van der Waals surface area (Å²) < 4.78 is 0. The minimum absolute atomic E-state index is 0.0397. The Hall–Kier alpha value is -3.06. The van der Waals surface area contributed by atoms with E-state index in [0.717, 1.165) is 49.2 Å². The molecule has 0 unspecified atom stereocenters. The first kappa shape index (κ1) is 19.7. The summed E-state index contributed by atoms with van der Waals surface area (Å²) in [5.74, 6) is -0.0815. The van der Waals surface area contributed by atoms with Crippen molar-refractivity contribution in [2.24, 2.45) is 11.0 Å². The molecule has 3 rings (SSSR count). The average molecular weight is 380 g/mol. The van der Waals surface area contributed by atoms with Crippen LogP contribution in [-0.4, -0.2) is 35.0 Å². The molecule has 0 bridgehead atoms. The molecule has 7 heteroatoms. The van der Waals surface area contributed by atoms with Crippen LogP contribution in [0.3, 0.4) is 0 Å². The van der Waals surface area contributed by atoms with Crippen molar-refractivity contribution in [1.29, 1.82) is 0 Å². The molecule has 1 aliphatic heterocycles. The van der Waals surface area contributed by atoms with Gasteiger partial charge in [0.15, 0.2) is 0 Å². The second-order valence-electron chi connectivity index (χ2n) is 7.06. The van der Waals surface area contributed by atoms with Crippen LogP contribution in [0.2, 0.25) is 0 Å². The summed E-state index contributed by atoms with van der Waals surface area (Å²) in [6.07, 6.45) is 3.23. The van der Waals surface area contributed by atoms with E-state index in [1.807, 2.05) is 31.2 Å². The van der Waals surface area contributed by atoms with Crippen LogP contribution in [0.15, 0.2) is 53.6 Å². The van der Waals surface area contributed by atoms with Gasteiger partial charge in [0.05, 0.1) is 11.1 Å². The van der Waals surface area contributed by atoms with Gasteiger partial charge in [-0.3, -0.25) is 19.8 Å². The summed E-state index contributed by atoms with van der Waals surface area (Å²) in [6, 6.07) is 14.5. The number of carbonyl (C=O) groups is 1. The number of likely N-dealkylation sites (tertiary alicyclic amines) is 1. The van der Waals surface area contributed by atoms with Crippen LogP contribution >= 0.6 is 0 Å². The first-order valence-corrected chi connectivity index (χ1v) is 9.37. The highest BCUT2D eigenvalue weighted by Crippen LogP contribution is 2.20. The highest BCUT2D eigenvalue weighted by Gasteiger charge is 2.24. The summed E-state index contributed by atoms with van der Waals surface area (Å²) in [7, 11) is 0. The Balaban J connectivity index is 1.45. The molecular weight excluding hydrogens is 356 g/mol. The van der Waals surface area contributed by atoms with Crippen LogP contribution in [0.25, 0.3) is 0 Å². The minimum atomic E-state index is -0.393. The number of hydrogen-bond acceptors (Lipinski definition) is 5. The molecule has 0 saturated carbocycles. The van der Waals surface area contributed by atoms with E-state index in [1.165, 1.54) is 12.1 Å². The number of nitro benzene ring substituents is 1. The number of amides is 1. The van der Waals surface area contributed by atoms with E-state index in [-0.39, 0.29) is 17.5 Å². The minimum Gasteiger partial charge on any atom is -0.299 e. The van der Waals surface area contributed by atoms with Crippen molar-refractivity contribution in [2.75, 3.05) is 13.1 Å². The Labute approximate surface area is 164 Å². The first-order chi connectivity index (χ1) is 13.5. The highest BCUT2D eigenvalue weighted by molar-refractivity contribution is 5.84. The fourth-order valence-corrected chi connectivity index (χ4v) is 3.32. The monoisotopic (exact) mass is 380 g/mol. The molecule has 2 aromatic rings. The third-order valence-corrected chi connectivity index (χ3v) is 5.08. The number of aryl methyl sites for hydroxylation is 1. The molecule has 0 aliphatic carbocycles. The van der Waals surface area contributed by atoms with Crippen LogP contribution in [0.5, 0.6) is 0 Å². The predicted molar refractivity (Wildman–Crippen MR) is 108 cm³/mol. The van der Waals surface area contributed by atoms with Crippen molar-refractivity contribution in [1.82, 2.24) is 10.3 Å². The molecule has 1 aliphatic rings. The number of nitrogens with one attached hydrogen (secondary N) is 1. The van der Waals surface area contributed by atoms with E-state index in [4.69, 9.17) is 0 Å². The van der Waals surface area contributed by atoms with Gasteiger partial charge in [-0.15, -0.1) is 0 Å². The van der Waals surface area contributed by atoms with E-state index >= 15 is 0 Å². The smallest absolute Gasteiger partial charge is 0.269 e. The molecule has 1 amide bonds. The number of non-ortho nitro benzene ring substituents is 1. The number of hydrogen-bond donors (Lipinski definition) is 1. The van der Waals surface area contributed by atoms with Crippen molar-refractivity contribution < 1.29 is 9.72 Å². The zero-order valence-corrected chi connectivity index (χ0v) is 15.9. The molecule has 28 heavy (non-hydrogen) atoms. The largest absolute Gasteiger partial charge is 0.299 e. The number of benzene rings is 2. The average Bonchev–Trinajstić information content (AvgIpc) is 2.70. The van der Waals surface area contributed by atoms with Gasteiger partial charge in [0, 0.05) is 24.6 Å². The Kier molecular flexibility index (Phi) is 6.49.